The lowest BCUT2D eigenvalue weighted by Crippen LogP contribution is -2.40. The number of esters is 1. The van der Waals surface area contributed by atoms with Crippen LogP contribution in [0, 0.1) is 5.82 Å². The van der Waals surface area contributed by atoms with Crippen LogP contribution in [0.3, 0.4) is 0 Å². The lowest BCUT2D eigenvalue weighted by molar-refractivity contribution is -0.153. The van der Waals surface area contributed by atoms with E-state index >= 15 is 0 Å². The van der Waals surface area contributed by atoms with Crippen LogP contribution in [0.5, 0.6) is 0 Å². The third-order valence-corrected chi connectivity index (χ3v) is 4.00. The molecule has 27 heavy (non-hydrogen) atoms. The molecule has 0 spiro atoms. The fourth-order valence-electron chi connectivity index (χ4n) is 2.49. The number of amides is 4. The van der Waals surface area contributed by atoms with Crippen molar-refractivity contribution in [1.29, 1.82) is 0 Å². The van der Waals surface area contributed by atoms with E-state index in [1.807, 2.05) is 0 Å². The summed E-state index contributed by atoms with van der Waals surface area (Å²) in [6, 6.07) is 4.68. The molecule has 146 valence electrons. The van der Waals surface area contributed by atoms with Crippen LogP contribution in [0.15, 0.2) is 24.3 Å². The third-order valence-electron chi connectivity index (χ3n) is 4.00. The summed E-state index contributed by atoms with van der Waals surface area (Å²) >= 11 is 0. The summed E-state index contributed by atoms with van der Waals surface area (Å²) in [6.07, 6.45) is -0.871. The van der Waals surface area contributed by atoms with E-state index in [-0.39, 0.29) is 25.3 Å². The monoisotopic (exact) mass is 379 g/mol. The Morgan fingerprint density at radius 3 is 2.44 bits per heavy atom. The van der Waals surface area contributed by atoms with Gasteiger partial charge in [0.2, 0.25) is 0 Å². The summed E-state index contributed by atoms with van der Waals surface area (Å²) in [4.78, 5) is 48.7. The highest BCUT2D eigenvalue weighted by molar-refractivity contribution is 6.06. The van der Waals surface area contributed by atoms with Crippen molar-refractivity contribution >= 4 is 29.5 Å². The molecule has 9 heteroatoms. The van der Waals surface area contributed by atoms with Gasteiger partial charge in [0, 0.05) is 18.7 Å². The average Bonchev–Trinajstić information content (AvgIpc) is 2.78. The maximum atomic E-state index is 12.8. The van der Waals surface area contributed by atoms with Crippen LogP contribution in [0.1, 0.15) is 33.6 Å². The van der Waals surface area contributed by atoms with Gasteiger partial charge in [0.15, 0.2) is 6.10 Å². The molecule has 2 N–H and O–H groups in total. The molecule has 1 saturated heterocycles. The van der Waals surface area contributed by atoms with Gasteiger partial charge in [0.1, 0.15) is 11.4 Å². The number of hydrogen-bond acceptors (Lipinski definition) is 5. The van der Waals surface area contributed by atoms with E-state index in [4.69, 9.17) is 4.74 Å². The maximum Gasteiger partial charge on any atom is 0.325 e. The van der Waals surface area contributed by atoms with Crippen molar-refractivity contribution in [1.82, 2.24) is 10.2 Å². The predicted molar refractivity (Wildman–Crippen MR) is 94.1 cm³/mol. The van der Waals surface area contributed by atoms with Crippen molar-refractivity contribution in [3.63, 3.8) is 0 Å². The van der Waals surface area contributed by atoms with Crippen LogP contribution in [-0.4, -0.2) is 46.9 Å². The molecule has 1 aliphatic heterocycles. The van der Waals surface area contributed by atoms with Gasteiger partial charge in [-0.05, 0) is 51.5 Å². The number of imide groups is 1. The van der Waals surface area contributed by atoms with Crippen molar-refractivity contribution in [3.8, 4) is 0 Å². The molecule has 1 aliphatic rings. The lowest BCUT2D eigenvalue weighted by atomic mass is 10.1. The fourth-order valence-corrected chi connectivity index (χ4v) is 2.49. The van der Waals surface area contributed by atoms with Crippen LogP contribution >= 0.6 is 0 Å². The van der Waals surface area contributed by atoms with E-state index in [2.05, 4.69) is 10.6 Å². The van der Waals surface area contributed by atoms with Gasteiger partial charge in [0.25, 0.3) is 11.8 Å². The van der Waals surface area contributed by atoms with Crippen LogP contribution in [0.2, 0.25) is 0 Å². The van der Waals surface area contributed by atoms with Gasteiger partial charge in [-0.25, -0.2) is 9.18 Å². The average molecular weight is 379 g/mol. The molecule has 0 unspecified atom stereocenters. The second-order valence-electron chi connectivity index (χ2n) is 6.74. The quantitative estimate of drug-likeness (QED) is 0.555. The first-order valence-electron chi connectivity index (χ1n) is 8.50. The minimum absolute atomic E-state index is 0.0499. The zero-order valence-electron chi connectivity index (χ0n) is 15.4. The normalized spacial score (nSPS) is 16.7. The largest absolute Gasteiger partial charge is 0.453 e. The molecule has 1 heterocycles. The van der Waals surface area contributed by atoms with Crippen molar-refractivity contribution in [2.24, 2.45) is 0 Å². The van der Waals surface area contributed by atoms with E-state index in [1.54, 1.807) is 13.8 Å². The topological polar surface area (TPSA) is 105 Å². The third kappa shape index (κ3) is 5.25. The zero-order valence-corrected chi connectivity index (χ0v) is 15.4. The molecule has 8 nitrogen and oxygen atoms in total. The standard InChI is InChI=1S/C18H22FN3O5/c1-11(15(24)20-13-8-6-12(19)7-9-13)27-14(23)5-4-10-22-16(25)18(2,3)21-17(22)26/h6-9,11H,4-5,10H2,1-3H3,(H,20,24)(H,21,26)/t11-/m1/s1. The Morgan fingerprint density at radius 1 is 1.26 bits per heavy atom. The molecule has 0 saturated carbocycles. The summed E-state index contributed by atoms with van der Waals surface area (Å²) in [5.74, 6) is -1.96. The number of nitrogens with zero attached hydrogens (tertiary/aromatic N) is 1. The first-order valence-corrected chi connectivity index (χ1v) is 8.50. The number of ether oxygens (including phenoxy) is 1. The SMILES string of the molecule is C[C@@H](OC(=O)CCCN1C(=O)NC(C)(C)C1=O)C(=O)Nc1ccc(F)cc1. The molecule has 1 aromatic carbocycles. The Morgan fingerprint density at radius 2 is 1.89 bits per heavy atom. The van der Waals surface area contributed by atoms with Gasteiger partial charge >= 0.3 is 12.0 Å². The highest BCUT2D eigenvalue weighted by atomic mass is 19.1. The van der Waals surface area contributed by atoms with Crippen LogP contribution in [-0.2, 0) is 19.1 Å². The predicted octanol–water partition coefficient (Wildman–Crippen LogP) is 1.81. The number of hydrogen-bond donors (Lipinski definition) is 2. The Balaban J connectivity index is 1.75. The number of urea groups is 1. The summed E-state index contributed by atoms with van der Waals surface area (Å²) in [5, 5.41) is 5.06. The highest BCUT2D eigenvalue weighted by Gasteiger charge is 2.43. The number of rotatable bonds is 7. The van der Waals surface area contributed by atoms with Crippen molar-refractivity contribution in [2.75, 3.05) is 11.9 Å². The Bertz CT molecular complexity index is 748. The van der Waals surface area contributed by atoms with Crippen molar-refractivity contribution in [2.45, 2.75) is 45.3 Å². The number of carbonyl (C=O) groups excluding carboxylic acids is 4. The number of halogens is 1. The molecular formula is C18H22FN3O5. The Kier molecular flexibility index (Phi) is 6.14. The molecule has 0 aromatic heterocycles. The smallest absolute Gasteiger partial charge is 0.325 e. The van der Waals surface area contributed by atoms with E-state index in [1.165, 1.54) is 31.2 Å². The van der Waals surface area contributed by atoms with Crippen LogP contribution in [0.25, 0.3) is 0 Å². The first-order chi connectivity index (χ1) is 12.6. The first kappa shape index (κ1) is 20.3. The molecule has 0 aliphatic carbocycles. The van der Waals surface area contributed by atoms with Gasteiger partial charge in [-0.1, -0.05) is 0 Å². The van der Waals surface area contributed by atoms with Crippen molar-refractivity contribution in [3.05, 3.63) is 30.1 Å². The molecule has 2 rings (SSSR count). The van der Waals surface area contributed by atoms with Gasteiger partial charge in [-0.15, -0.1) is 0 Å². The van der Waals surface area contributed by atoms with Gasteiger partial charge in [-0.2, -0.15) is 0 Å². The number of carbonyl (C=O) groups is 4. The minimum Gasteiger partial charge on any atom is -0.453 e. The second kappa shape index (κ2) is 8.15. The summed E-state index contributed by atoms with van der Waals surface area (Å²) in [7, 11) is 0. The molecule has 0 radical (unpaired) electrons. The molecule has 1 atom stereocenters. The second-order valence-corrected chi connectivity index (χ2v) is 6.74. The maximum absolute atomic E-state index is 12.8. The molecule has 1 fully saturated rings. The minimum atomic E-state index is -1.04. The van der Waals surface area contributed by atoms with E-state index < -0.39 is 35.4 Å². The van der Waals surface area contributed by atoms with Crippen LogP contribution < -0.4 is 10.6 Å². The molecular weight excluding hydrogens is 357 g/mol. The Labute approximate surface area is 156 Å². The molecule has 0 bridgehead atoms. The van der Waals surface area contributed by atoms with E-state index in [0.717, 1.165) is 4.90 Å². The van der Waals surface area contributed by atoms with Gasteiger partial charge < -0.3 is 15.4 Å². The summed E-state index contributed by atoms with van der Waals surface area (Å²) in [5.41, 5.74) is -0.574. The summed E-state index contributed by atoms with van der Waals surface area (Å²) < 4.78 is 17.9. The van der Waals surface area contributed by atoms with E-state index in [0.29, 0.717) is 5.69 Å². The van der Waals surface area contributed by atoms with E-state index in [9.17, 15) is 23.6 Å². The zero-order chi connectivity index (χ0) is 20.2. The van der Waals surface area contributed by atoms with Crippen molar-refractivity contribution < 1.29 is 28.3 Å². The molecule has 1 aromatic rings. The molecule has 4 amide bonds. The highest BCUT2D eigenvalue weighted by Crippen LogP contribution is 2.17. The number of benzene rings is 1. The van der Waals surface area contributed by atoms with Gasteiger partial charge in [0.05, 0.1) is 0 Å². The fraction of sp³-hybridized carbons (Fsp3) is 0.444. The number of nitrogens with one attached hydrogen (secondary N) is 2. The Hall–Kier alpha value is -2.97. The van der Waals surface area contributed by atoms with Gasteiger partial charge in [-0.3, -0.25) is 19.3 Å². The van der Waals surface area contributed by atoms with Crippen LogP contribution in [0.4, 0.5) is 14.9 Å². The summed E-state index contributed by atoms with van der Waals surface area (Å²) in [6.45, 7) is 4.70. The number of anilines is 1. The lowest BCUT2D eigenvalue weighted by Gasteiger charge is -2.16.